The maximum atomic E-state index is 4.81. The molecular weight excluding hydrogens is 284 g/mol. The van der Waals surface area contributed by atoms with Crippen molar-refractivity contribution >= 4 is 33.2 Å². The molecule has 4 heteroatoms. The quantitative estimate of drug-likeness (QED) is 0.552. The van der Waals surface area contributed by atoms with E-state index in [9.17, 15) is 0 Å². The van der Waals surface area contributed by atoms with E-state index in [1.807, 2.05) is 12.1 Å². The van der Waals surface area contributed by atoms with E-state index < -0.39 is 0 Å². The van der Waals surface area contributed by atoms with Crippen LogP contribution in [0.1, 0.15) is 12.0 Å². The monoisotopic (exact) mass is 300 g/mol. The number of para-hydroxylation sites is 2. The fourth-order valence-electron chi connectivity index (χ4n) is 3.48. The van der Waals surface area contributed by atoms with Gasteiger partial charge in [-0.25, -0.2) is 4.98 Å². The molecule has 0 atom stereocenters. The Labute approximate surface area is 133 Å². The van der Waals surface area contributed by atoms with Crippen LogP contribution in [0, 0.1) is 0 Å². The Morgan fingerprint density at radius 3 is 2.26 bits per heavy atom. The minimum atomic E-state index is -0.0482. The zero-order chi connectivity index (χ0) is 15.4. The molecule has 0 radical (unpaired) electrons. The number of nitrogens with one attached hydrogen (secondary N) is 2. The molecule has 0 saturated heterocycles. The van der Waals surface area contributed by atoms with Gasteiger partial charge in [-0.1, -0.05) is 36.4 Å². The maximum Gasteiger partial charge on any atom is 0.157 e. The molecule has 1 aliphatic heterocycles. The number of aryl methyl sites for hydroxylation is 1. The van der Waals surface area contributed by atoms with E-state index in [-0.39, 0.29) is 6.17 Å². The number of nitrogens with zero attached hydrogens (tertiary/aromatic N) is 2. The lowest BCUT2D eigenvalue weighted by atomic mass is 10.0. The Balaban J connectivity index is 1.67. The predicted octanol–water partition coefficient (Wildman–Crippen LogP) is 4.26. The molecule has 0 saturated carbocycles. The molecule has 2 N–H and O–H groups in total. The molecule has 0 fully saturated rings. The van der Waals surface area contributed by atoms with Gasteiger partial charge in [-0.3, -0.25) is 0 Å². The van der Waals surface area contributed by atoms with Crippen LogP contribution in [0.3, 0.4) is 0 Å². The van der Waals surface area contributed by atoms with Crippen molar-refractivity contribution in [2.24, 2.45) is 7.05 Å². The van der Waals surface area contributed by atoms with Gasteiger partial charge in [0, 0.05) is 23.8 Å². The molecule has 112 valence electrons. The van der Waals surface area contributed by atoms with Crippen LogP contribution < -0.4 is 10.6 Å². The maximum absolute atomic E-state index is 4.81. The van der Waals surface area contributed by atoms with Crippen LogP contribution in [0.5, 0.6) is 0 Å². The molecule has 1 aliphatic rings. The summed E-state index contributed by atoms with van der Waals surface area (Å²) < 4.78 is 2.15. The van der Waals surface area contributed by atoms with Gasteiger partial charge in [0.25, 0.3) is 0 Å². The number of imidazole rings is 1. The molecular formula is C19H16N4. The molecule has 4 aromatic rings. The third kappa shape index (κ3) is 1.75. The highest BCUT2D eigenvalue weighted by Crippen LogP contribution is 2.38. The van der Waals surface area contributed by atoms with Gasteiger partial charge in [-0.15, -0.1) is 0 Å². The molecule has 0 unspecified atom stereocenters. The SMILES string of the molecule is Cn1c(C2Nc3cccc4cccc(c34)N2)nc2ccccc21. The van der Waals surface area contributed by atoms with Crippen molar-refractivity contribution in [1.82, 2.24) is 9.55 Å². The highest BCUT2D eigenvalue weighted by molar-refractivity contribution is 6.04. The standard InChI is InChI=1S/C19H16N4/c1-23-16-11-3-2-8-13(16)22-19(23)18-20-14-9-4-6-12-7-5-10-15(21-18)17(12)14/h2-11,18,20-21H,1H3. The van der Waals surface area contributed by atoms with Gasteiger partial charge in [0.05, 0.1) is 11.0 Å². The number of aromatic nitrogens is 2. The van der Waals surface area contributed by atoms with Crippen LogP contribution in [0.2, 0.25) is 0 Å². The van der Waals surface area contributed by atoms with E-state index >= 15 is 0 Å². The van der Waals surface area contributed by atoms with Crippen LogP contribution in [0.25, 0.3) is 21.8 Å². The highest BCUT2D eigenvalue weighted by atomic mass is 15.2. The predicted molar refractivity (Wildman–Crippen MR) is 94.6 cm³/mol. The number of hydrogen-bond acceptors (Lipinski definition) is 3. The summed E-state index contributed by atoms with van der Waals surface area (Å²) in [4.78, 5) is 4.81. The first-order valence-electron chi connectivity index (χ1n) is 7.77. The third-order valence-electron chi connectivity index (χ3n) is 4.58. The van der Waals surface area contributed by atoms with E-state index in [1.54, 1.807) is 0 Å². The van der Waals surface area contributed by atoms with E-state index in [2.05, 4.69) is 70.8 Å². The van der Waals surface area contributed by atoms with Gasteiger partial charge in [0.1, 0.15) is 0 Å². The number of benzene rings is 3. The van der Waals surface area contributed by atoms with Gasteiger partial charge < -0.3 is 15.2 Å². The summed E-state index contributed by atoms with van der Waals surface area (Å²) in [5, 5.41) is 9.65. The Kier molecular flexibility index (Phi) is 2.45. The van der Waals surface area contributed by atoms with Crippen molar-refractivity contribution in [1.29, 1.82) is 0 Å². The smallest absolute Gasteiger partial charge is 0.157 e. The fraction of sp³-hybridized carbons (Fsp3) is 0.105. The lowest BCUT2D eigenvalue weighted by Crippen LogP contribution is -2.26. The van der Waals surface area contributed by atoms with Crippen molar-refractivity contribution in [2.45, 2.75) is 6.17 Å². The molecule has 0 amide bonds. The van der Waals surface area contributed by atoms with Crippen molar-refractivity contribution in [3.63, 3.8) is 0 Å². The van der Waals surface area contributed by atoms with E-state index in [4.69, 9.17) is 4.98 Å². The molecule has 0 aliphatic carbocycles. The first kappa shape index (κ1) is 12.5. The van der Waals surface area contributed by atoms with E-state index in [1.165, 1.54) is 10.8 Å². The topological polar surface area (TPSA) is 41.9 Å². The van der Waals surface area contributed by atoms with Crippen LogP contribution in [0.4, 0.5) is 11.4 Å². The number of anilines is 2. The van der Waals surface area contributed by atoms with Crippen molar-refractivity contribution in [3.05, 3.63) is 66.5 Å². The lowest BCUT2D eigenvalue weighted by Gasteiger charge is -2.29. The molecule has 4 nitrogen and oxygen atoms in total. The van der Waals surface area contributed by atoms with Crippen LogP contribution >= 0.6 is 0 Å². The van der Waals surface area contributed by atoms with Gasteiger partial charge >= 0.3 is 0 Å². The zero-order valence-corrected chi connectivity index (χ0v) is 12.7. The fourth-order valence-corrected chi connectivity index (χ4v) is 3.48. The molecule has 23 heavy (non-hydrogen) atoms. The molecule has 2 heterocycles. The Morgan fingerprint density at radius 1 is 0.870 bits per heavy atom. The second kappa shape index (κ2) is 4.49. The normalized spacial score (nSPS) is 14.0. The summed E-state index contributed by atoms with van der Waals surface area (Å²) in [6.07, 6.45) is -0.0482. The molecule has 0 bridgehead atoms. The number of fused-ring (bicyclic) bond motifs is 1. The minimum Gasteiger partial charge on any atom is -0.359 e. The largest absolute Gasteiger partial charge is 0.359 e. The Morgan fingerprint density at radius 2 is 1.57 bits per heavy atom. The second-order valence-electron chi connectivity index (χ2n) is 5.95. The summed E-state index contributed by atoms with van der Waals surface area (Å²) >= 11 is 0. The van der Waals surface area contributed by atoms with E-state index in [0.29, 0.717) is 0 Å². The van der Waals surface area contributed by atoms with Crippen LogP contribution in [0.15, 0.2) is 60.7 Å². The zero-order valence-electron chi connectivity index (χ0n) is 12.7. The average Bonchev–Trinajstić information content (AvgIpc) is 2.93. The highest BCUT2D eigenvalue weighted by Gasteiger charge is 2.24. The second-order valence-corrected chi connectivity index (χ2v) is 5.95. The summed E-state index contributed by atoms with van der Waals surface area (Å²) in [5.74, 6) is 0.984. The van der Waals surface area contributed by atoms with Crippen molar-refractivity contribution < 1.29 is 0 Å². The van der Waals surface area contributed by atoms with Crippen molar-refractivity contribution in [2.75, 3.05) is 10.6 Å². The molecule has 5 rings (SSSR count). The first-order valence-corrected chi connectivity index (χ1v) is 7.77. The van der Waals surface area contributed by atoms with Gasteiger partial charge in [0.2, 0.25) is 0 Å². The molecule has 1 aromatic heterocycles. The van der Waals surface area contributed by atoms with Crippen LogP contribution in [-0.4, -0.2) is 9.55 Å². The number of rotatable bonds is 1. The Hall–Kier alpha value is -3.01. The third-order valence-corrected chi connectivity index (χ3v) is 4.58. The lowest BCUT2D eigenvalue weighted by molar-refractivity contribution is 0.742. The van der Waals surface area contributed by atoms with Gasteiger partial charge in [-0.05, 0) is 29.7 Å². The summed E-state index contributed by atoms with van der Waals surface area (Å²) in [7, 11) is 2.06. The summed E-state index contributed by atoms with van der Waals surface area (Å²) in [6.45, 7) is 0. The molecule has 0 spiro atoms. The first-order chi connectivity index (χ1) is 11.3. The van der Waals surface area contributed by atoms with Crippen molar-refractivity contribution in [3.8, 4) is 0 Å². The average molecular weight is 300 g/mol. The number of hydrogen-bond donors (Lipinski definition) is 2. The van der Waals surface area contributed by atoms with Gasteiger partial charge in [0.15, 0.2) is 12.0 Å². The Bertz CT molecular complexity index is 1010. The van der Waals surface area contributed by atoms with E-state index in [0.717, 1.165) is 28.2 Å². The molecule has 3 aromatic carbocycles. The summed E-state index contributed by atoms with van der Waals surface area (Å²) in [6, 6.07) is 20.9. The summed E-state index contributed by atoms with van der Waals surface area (Å²) in [5.41, 5.74) is 4.46. The van der Waals surface area contributed by atoms with Crippen LogP contribution in [-0.2, 0) is 7.05 Å². The van der Waals surface area contributed by atoms with Gasteiger partial charge in [-0.2, -0.15) is 0 Å². The minimum absolute atomic E-state index is 0.0482.